The molecule has 2 unspecified atom stereocenters. The first-order chi connectivity index (χ1) is 8.20. The Bertz CT molecular complexity index is 386. The third kappa shape index (κ3) is 2.86. The number of carbonyl (C=O) groups excluding carboxylic acids is 1. The third-order valence-corrected chi connectivity index (χ3v) is 3.52. The van der Waals surface area contributed by atoms with Gasteiger partial charge in [-0.1, -0.05) is 18.6 Å². The molecule has 0 saturated heterocycles. The van der Waals surface area contributed by atoms with Crippen LogP contribution < -0.4 is 5.73 Å². The molecule has 3 nitrogen and oxygen atoms in total. The maximum Gasteiger partial charge on any atom is 0.337 e. The number of hydrogen-bond donors (Lipinski definition) is 1. The van der Waals surface area contributed by atoms with Gasteiger partial charge in [0.1, 0.15) is 0 Å². The van der Waals surface area contributed by atoms with Gasteiger partial charge in [0.25, 0.3) is 0 Å². The Morgan fingerprint density at radius 1 is 1.29 bits per heavy atom. The molecule has 2 atom stereocenters. The summed E-state index contributed by atoms with van der Waals surface area (Å²) in [6.45, 7) is 0. The van der Waals surface area contributed by atoms with E-state index in [1.807, 2.05) is 24.3 Å². The predicted molar refractivity (Wildman–Crippen MR) is 67.0 cm³/mol. The molecular formula is C14H19NO2. The lowest BCUT2D eigenvalue weighted by atomic mass is 9.81. The fraction of sp³-hybridized carbons (Fsp3) is 0.500. The van der Waals surface area contributed by atoms with Gasteiger partial charge in [0.05, 0.1) is 12.7 Å². The van der Waals surface area contributed by atoms with Crippen LogP contribution in [0.4, 0.5) is 0 Å². The lowest BCUT2D eigenvalue weighted by Gasteiger charge is -2.26. The van der Waals surface area contributed by atoms with Gasteiger partial charge in [-0.15, -0.1) is 0 Å². The molecular weight excluding hydrogens is 214 g/mol. The molecule has 0 bridgehead atoms. The zero-order chi connectivity index (χ0) is 12.3. The van der Waals surface area contributed by atoms with Crippen molar-refractivity contribution in [2.45, 2.75) is 37.6 Å². The highest BCUT2D eigenvalue weighted by Crippen LogP contribution is 2.32. The Kier molecular flexibility index (Phi) is 3.79. The number of rotatable bonds is 2. The maximum absolute atomic E-state index is 11.3. The lowest BCUT2D eigenvalue weighted by molar-refractivity contribution is 0.0600. The van der Waals surface area contributed by atoms with E-state index in [9.17, 15) is 4.79 Å². The van der Waals surface area contributed by atoms with E-state index in [0.29, 0.717) is 17.5 Å². The van der Waals surface area contributed by atoms with E-state index in [-0.39, 0.29) is 5.97 Å². The molecule has 2 N–H and O–H groups in total. The van der Waals surface area contributed by atoms with Gasteiger partial charge in [0, 0.05) is 6.04 Å². The summed E-state index contributed by atoms with van der Waals surface area (Å²) >= 11 is 0. The molecule has 0 spiro atoms. The maximum atomic E-state index is 11.3. The van der Waals surface area contributed by atoms with Crippen LogP contribution in [0.15, 0.2) is 24.3 Å². The van der Waals surface area contributed by atoms with Crippen LogP contribution in [0.2, 0.25) is 0 Å². The van der Waals surface area contributed by atoms with Crippen molar-refractivity contribution >= 4 is 5.97 Å². The number of nitrogens with two attached hydrogens (primary N) is 1. The number of hydrogen-bond acceptors (Lipinski definition) is 3. The van der Waals surface area contributed by atoms with Crippen LogP contribution in [0.3, 0.4) is 0 Å². The molecule has 1 fully saturated rings. The average molecular weight is 233 g/mol. The first kappa shape index (κ1) is 12.1. The Hall–Kier alpha value is -1.35. The summed E-state index contributed by atoms with van der Waals surface area (Å²) in [5.74, 6) is 0.266. The monoisotopic (exact) mass is 233 g/mol. The van der Waals surface area contributed by atoms with Gasteiger partial charge >= 0.3 is 5.97 Å². The highest BCUT2D eigenvalue weighted by atomic mass is 16.5. The van der Waals surface area contributed by atoms with Gasteiger partial charge in [0.15, 0.2) is 0 Å². The van der Waals surface area contributed by atoms with E-state index in [0.717, 1.165) is 12.8 Å². The summed E-state index contributed by atoms with van der Waals surface area (Å²) in [5.41, 5.74) is 7.88. The van der Waals surface area contributed by atoms with Crippen LogP contribution in [0, 0.1) is 0 Å². The largest absolute Gasteiger partial charge is 0.465 e. The van der Waals surface area contributed by atoms with Gasteiger partial charge in [-0.3, -0.25) is 0 Å². The molecule has 1 aliphatic carbocycles. The number of esters is 1. The smallest absolute Gasteiger partial charge is 0.337 e. The summed E-state index contributed by atoms with van der Waals surface area (Å²) in [6, 6.07) is 8.04. The van der Waals surface area contributed by atoms with Crippen molar-refractivity contribution in [3.05, 3.63) is 35.4 Å². The van der Waals surface area contributed by atoms with Crippen LogP contribution in [-0.2, 0) is 4.74 Å². The van der Waals surface area contributed by atoms with Crippen LogP contribution >= 0.6 is 0 Å². The van der Waals surface area contributed by atoms with E-state index < -0.39 is 0 Å². The molecule has 0 radical (unpaired) electrons. The molecule has 0 aromatic heterocycles. The standard InChI is InChI=1S/C14H19NO2/c1-17-14(16)11-7-5-10(6-8-11)12-3-2-4-13(15)9-12/h5-8,12-13H,2-4,9,15H2,1H3. The van der Waals surface area contributed by atoms with Crippen molar-refractivity contribution in [2.75, 3.05) is 7.11 Å². The minimum atomic E-state index is -0.281. The normalized spacial score (nSPS) is 24.4. The number of carbonyl (C=O) groups is 1. The van der Waals surface area contributed by atoms with Crippen molar-refractivity contribution in [1.82, 2.24) is 0 Å². The Morgan fingerprint density at radius 3 is 2.59 bits per heavy atom. The van der Waals surface area contributed by atoms with Crippen molar-refractivity contribution in [2.24, 2.45) is 5.73 Å². The minimum Gasteiger partial charge on any atom is -0.465 e. The second kappa shape index (κ2) is 5.32. The van der Waals surface area contributed by atoms with E-state index >= 15 is 0 Å². The second-order valence-electron chi connectivity index (χ2n) is 4.74. The van der Waals surface area contributed by atoms with Crippen LogP contribution in [0.1, 0.15) is 47.5 Å². The topological polar surface area (TPSA) is 52.3 Å². The average Bonchev–Trinajstić information content (AvgIpc) is 2.38. The predicted octanol–water partition coefficient (Wildman–Crippen LogP) is 2.46. The Balaban J connectivity index is 2.09. The van der Waals surface area contributed by atoms with Crippen molar-refractivity contribution in [3.8, 4) is 0 Å². The quantitative estimate of drug-likeness (QED) is 0.798. The summed E-state index contributed by atoms with van der Waals surface area (Å²) < 4.78 is 4.68. The highest BCUT2D eigenvalue weighted by Gasteiger charge is 2.20. The molecule has 0 aliphatic heterocycles. The minimum absolute atomic E-state index is 0.281. The summed E-state index contributed by atoms with van der Waals surface area (Å²) in [6.07, 6.45) is 4.59. The fourth-order valence-electron chi connectivity index (χ4n) is 2.54. The molecule has 1 saturated carbocycles. The molecule has 1 aromatic rings. The molecule has 2 rings (SSSR count). The molecule has 3 heteroatoms. The first-order valence-electron chi connectivity index (χ1n) is 6.14. The molecule has 92 valence electrons. The van der Waals surface area contributed by atoms with Crippen LogP contribution in [0.5, 0.6) is 0 Å². The Morgan fingerprint density at radius 2 is 2.00 bits per heavy atom. The van der Waals surface area contributed by atoms with Gasteiger partial charge in [-0.05, 0) is 42.9 Å². The van der Waals surface area contributed by atoms with Crippen molar-refractivity contribution < 1.29 is 9.53 Å². The van der Waals surface area contributed by atoms with Gasteiger partial charge in [-0.25, -0.2) is 4.79 Å². The summed E-state index contributed by atoms with van der Waals surface area (Å²) in [5, 5.41) is 0. The zero-order valence-electron chi connectivity index (χ0n) is 10.2. The van der Waals surface area contributed by atoms with Crippen molar-refractivity contribution in [3.63, 3.8) is 0 Å². The molecule has 0 heterocycles. The number of benzene rings is 1. The van der Waals surface area contributed by atoms with Gasteiger partial charge in [0.2, 0.25) is 0 Å². The summed E-state index contributed by atoms with van der Waals surface area (Å²) in [4.78, 5) is 11.3. The molecule has 0 amide bonds. The first-order valence-corrected chi connectivity index (χ1v) is 6.14. The third-order valence-electron chi connectivity index (χ3n) is 3.52. The SMILES string of the molecule is COC(=O)c1ccc(C2CCCC(N)C2)cc1. The van der Waals surface area contributed by atoms with Gasteiger partial charge < -0.3 is 10.5 Å². The highest BCUT2D eigenvalue weighted by molar-refractivity contribution is 5.89. The van der Waals surface area contributed by atoms with Crippen LogP contribution in [0.25, 0.3) is 0 Å². The number of ether oxygens (including phenoxy) is 1. The summed E-state index contributed by atoms with van der Waals surface area (Å²) in [7, 11) is 1.40. The molecule has 17 heavy (non-hydrogen) atoms. The van der Waals surface area contributed by atoms with Crippen molar-refractivity contribution in [1.29, 1.82) is 0 Å². The van der Waals surface area contributed by atoms with E-state index in [4.69, 9.17) is 5.73 Å². The number of methoxy groups -OCH3 is 1. The second-order valence-corrected chi connectivity index (χ2v) is 4.74. The van der Waals surface area contributed by atoms with E-state index in [2.05, 4.69) is 4.74 Å². The van der Waals surface area contributed by atoms with E-state index in [1.165, 1.54) is 25.5 Å². The van der Waals surface area contributed by atoms with E-state index in [1.54, 1.807) is 0 Å². The zero-order valence-corrected chi connectivity index (χ0v) is 10.2. The Labute approximate surface area is 102 Å². The molecule has 1 aliphatic rings. The fourth-order valence-corrected chi connectivity index (χ4v) is 2.54. The lowest BCUT2D eigenvalue weighted by Crippen LogP contribution is -2.26. The molecule has 1 aromatic carbocycles. The van der Waals surface area contributed by atoms with Gasteiger partial charge in [-0.2, -0.15) is 0 Å². The van der Waals surface area contributed by atoms with Crippen LogP contribution in [-0.4, -0.2) is 19.1 Å².